The second-order valence-corrected chi connectivity index (χ2v) is 7.66. The summed E-state index contributed by atoms with van der Waals surface area (Å²) in [5.41, 5.74) is 1.03. The lowest BCUT2D eigenvalue weighted by atomic mass is 9.93. The molecule has 2 aliphatic heterocycles. The highest BCUT2D eigenvalue weighted by Gasteiger charge is 2.31. The minimum atomic E-state index is -0.0172. The Morgan fingerprint density at radius 3 is 2.62 bits per heavy atom. The summed E-state index contributed by atoms with van der Waals surface area (Å²) < 4.78 is 11.2. The molecule has 1 aromatic carbocycles. The molecule has 2 saturated heterocycles. The normalized spacial score (nSPS) is 20.8. The standard InChI is InChI=1S/C19H28N2O3/c1-19(2)9-10-21(14-19)18(22)20-16-3-5-17(6-4-16)24-13-15-7-11-23-12-8-15/h3-6,15H,7-14H2,1-2H3,(H,20,22). The Labute approximate surface area is 144 Å². The molecular weight excluding hydrogens is 304 g/mol. The number of anilines is 1. The maximum atomic E-state index is 12.3. The quantitative estimate of drug-likeness (QED) is 0.913. The largest absolute Gasteiger partial charge is 0.493 e. The number of hydrogen-bond acceptors (Lipinski definition) is 3. The lowest BCUT2D eigenvalue weighted by Gasteiger charge is -2.22. The number of amides is 2. The minimum Gasteiger partial charge on any atom is -0.493 e. The third kappa shape index (κ3) is 4.63. The zero-order valence-corrected chi connectivity index (χ0v) is 14.7. The maximum absolute atomic E-state index is 12.3. The van der Waals surface area contributed by atoms with Crippen LogP contribution in [0.4, 0.5) is 10.5 Å². The summed E-state index contributed by atoms with van der Waals surface area (Å²) >= 11 is 0. The molecule has 0 saturated carbocycles. The van der Waals surface area contributed by atoms with E-state index < -0.39 is 0 Å². The molecule has 3 rings (SSSR count). The molecule has 0 unspecified atom stereocenters. The number of hydrogen-bond donors (Lipinski definition) is 1. The van der Waals surface area contributed by atoms with E-state index in [1.54, 1.807) is 0 Å². The number of ether oxygens (including phenoxy) is 2. The number of nitrogens with one attached hydrogen (secondary N) is 1. The Bertz CT molecular complexity index is 550. The van der Waals surface area contributed by atoms with Crippen molar-refractivity contribution in [1.29, 1.82) is 0 Å². The Morgan fingerprint density at radius 1 is 1.29 bits per heavy atom. The number of benzene rings is 1. The van der Waals surface area contributed by atoms with Crippen molar-refractivity contribution in [3.8, 4) is 5.75 Å². The van der Waals surface area contributed by atoms with E-state index in [9.17, 15) is 4.79 Å². The van der Waals surface area contributed by atoms with E-state index in [-0.39, 0.29) is 11.4 Å². The predicted octanol–water partition coefficient (Wildman–Crippen LogP) is 3.76. The van der Waals surface area contributed by atoms with E-state index in [1.807, 2.05) is 29.2 Å². The van der Waals surface area contributed by atoms with Gasteiger partial charge in [-0.05, 0) is 54.9 Å². The Balaban J connectivity index is 1.46. The topological polar surface area (TPSA) is 50.8 Å². The molecule has 0 radical (unpaired) electrons. The highest BCUT2D eigenvalue weighted by atomic mass is 16.5. The van der Waals surface area contributed by atoms with Gasteiger partial charge in [0.25, 0.3) is 0 Å². The van der Waals surface area contributed by atoms with Crippen LogP contribution in [0, 0.1) is 11.3 Å². The first-order valence-corrected chi connectivity index (χ1v) is 8.88. The molecule has 0 atom stereocenters. The third-order valence-electron chi connectivity index (χ3n) is 4.90. The molecule has 1 aromatic rings. The van der Waals surface area contributed by atoms with Crippen LogP contribution in [-0.4, -0.2) is 43.8 Å². The van der Waals surface area contributed by atoms with Gasteiger partial charge in [0.2, 0.25) is 0 Å². The summed E-state index contributed by atoms with van der Waals surface area (Å²) in [6.45, 7) is 8.45. The van der Waals surface area contributed by atoms with Crippen molar-refractivity contribution in [2.75, 3.05) is 38.2 Å². The molecule has 0 spiro atoms. The zero-order chi connectivity index (χ0) is 17.0. The average molecular weight is 332 g/mol. The van der Waals surface area contributed by atoms with Crippen LogP contribution in [-0.2, 0) is 4.74 Å². The number of carbonyl (C=O) groups is 1. The highest BCUT2D eigenvalue weighted by molar-refractivity contribution is 5.89. The number of nitrogens with zero attached hydrogens (tertiary/aromatic N) is 1. The second-order valence-electron chi connectivity index (χ2n) is 7.66. The Kier molecular flexibility index (Phi) is 5.29. The van der Waals surface area contributed by atoms with Crippen molar-refractivity contribution < 1.29 is 14.3 Å². The van der Waals surface area contributed by atoms with Crippen molar-refractivity contribution in [1.82, 2.24) is 4.90 Å². The summed E-state index contributed by atoms with van der Waals surface area (Å²) in [7, 11) is 0. The molecule has 0 bridgehead atoms. The van der Waals surface area contributed by atoms with Crippen LogP contribution in [0.2, 0.25) is 0 Å². The van der Waals surface area contributed by atoms with Crippen LogP contribution in [0.3, 0.4) is 0 Å². The minimum absolute atomic E-state index is 0.0172. The lowest BCUT2D eigenvalue weighted by molar-refractivity contribution is 0.0497. The molecule has 1 N–H and O–H groups in total. The molecule has 132 valence electrons. The zero-order valence-electron chi connectivity index (χ0n) is 14.7. The van der Waals surface area contributed by atoms with Gasteiger partial charge in [-0.3, -0.25) is 0 Å². The van der Waals surface area contributed by atoms with E-state index in [0.717, 1.165) is 63.6 Å². The monoisotopic (exact) mass is 332 g/mol. The summed E-state index contributed by atoms with van der Waals surface area (Å²) in [6, 6.07) is 7.62. The molecule has 2 fully saturated rings. The summed E-state index contributed by atoms with van der Waals surface area (Å²) in [5, 5.41) is 2.97. The fraction of sp³-hybridized carbons (Fsp3) is 0.632. The van der Waals surface area contributed by atoms with Crippen molar-refractivity contribution >= 4 is 11.7 Å². The molecule has 2 amide bonds. The fourth-order valence-corrected chi connectivity index (χ4v) is 3.25. The van der Waals surface area contributed by atoms with E-state index in [2.05, 4.69) is 19.2 Å². The Hall–Kier alpha value is -1.75. The van der Waals surface area contributed by atoms with Gasteiger partial charge in [-0.2, -0.15) is 0 Å². The van der Waals surface area contributed by atoms with Crippen LogP contribution in [0.15, 0.2) is 24.3 Å². The number of urea groups is 1. The van der Waals surface area contributed by atoms with E-state index in [0.29, 0.717) is 5.92 Å². The van der Waals surface area contributed by atoms with Crippen molar-refractivity contribution in [2.24, 2.45) is 11.3 Å². The smallest absolute Gasteiger partial charge is 0.321 e. The second kappa shape index (κ2) is 7.43. The molecule has 5 heteroatoms. The van der Waals surface area contributed by atoms with Crippen LogP contribution in [0.1, 0.15) is 33.1 Å². The van der Waals surface area contributed by atoms with E-state index in [1.165, 1.54) is 0 Å². The first-order valence-electron chi connectivity index (χ1n) is 8.88. The fourth-order valence-electron chi connectivity index (χ4n) is 3.25. The van der Waals surface area contributed by atoms with E-state index in [4.69, 9.17) is 9.47 Å². The van der Waals surface area contributed by atoms with Gasteiger partial charge >= 0.3 is 6.03 Å². The third-order valence-corrected chi connectivity index (χ3v) is 4.90. The molecule has 2 heterocycles. The van der Waals surface area contributed by atoms with E-state index >= 15 is 0 Å². The van der Waals surface area contributed by atoms with Crippen LogP contribution >= 0.6 is 0 Å². The number of likely N-dealkylation sites (tertiary alicyclic amines) is 1. The van der Waals surface area contributed by atoms with Gasteiger partial charge in [0.15, 0.2) is 0 Å². The van der Waals surface area contributed by atoms with Gasteiger partial charge in [0.05, 0.1) is 6.61 Å². The molecule has 2 aliphatic rings. The molecular formula is C19H28N2O3. The average Bonchev–Trinajstić information content (AvgIpc) is 2.95. The van der Waals surface area contributed by atoms with Crippen molar-refractivity contribution in [3.05, 3.63) is 24.3 Å². The first kappa shape index (κ1) is 17.1. The van der Waals surface area contributed by atoms with Crippen LogP contribution < -0.4 is 10.1 Å². The summed E-state index contributed by atoms with van der Waals surface area (Å²) in [6.07, 6.45) is 3.19. The lowest BCUT2D eigenvalue weighted by Crippen LogP contribution is -2.34. The summed E-state index contributed by atoms with van der Waals surface area (Å²) in [5.74, 6) is 1.43. The SMILES string of the molecule is CC1(C)CCN(C(=O)Nc2ccc(OCC3CCOCC3)cc2)C1. The summed E-state index contributed by atoms with van der Waals surface area (Å²) in [4.78, 5) is 14.2. The highest BCUT2D eigenvalue weighted by Crippen LogP contribution is 2.29. The molecule has 0 aliphatic carbocycles. The molecule has 24 heavy (non-hydrogen) atoms. The van der Waals surface area contributed by atoms with Gasteiger partial charge in [0, 0.05) is 32.0 Å². The van der Waals surface area contributed by atoms with Crippen molar-refractivity contribution in [3.63, 3.8) is 0 Å². The maximum Gasteiger partial charge on any atom is 0.321 e. The molecule has 0 aromatic heterocycles. The number of rotatable bonds is 4. The Morgan fingerprint density at radius 2 is 2.00 bits per heavy atom. The van der Waals surface area contributed by atoms with Crippen LogP contribution in [0.5, 0.6) is 5.75 Å². The van der Waals surface area contributed by atoms with Gasteiger partial charge < -0.3 is 19.7 Å². The van der Waals surface area contributed by atoms with Gasteiger partial charge in [-0.1, -0.05) is 13.8 Å². The van der Waals surface area contributed by atoms with Gasteiger partial charge in [0.1, 0.15) is 5.75 Å². The van der Waals surface area contributed by atoms with Gasteiger partial charge in [-0.15, -0.1) is 0 Å². The number of carbonyl (C=O) groups excluding carboxylic acids is 1. The van der Waals surface area contributed by atoms with Crippen molar-refractivity contribution in [2.45, 2.75) is 33.1 Å². The first-order chi connectivity index (χ1) is 11.5. The van der Waals surface area contributed by atoms with Gasteiger partial charge in [-0.25, -0.2) is 4.79 Å². The van der Waals surface area contributed by atoms with Crippen LogP contribution in [0.25, 0.3) is 0 Å². The molecule has 5 nitrogen and oxygen atoms in total. The predicted molar refractivity (Wildman–Crippen MR) is 94.5 cm³/mol.